The summed E-state index contributed by atoms with van der Waals surface area (Å²) in [6.07, 6.45) is 2.33. The van der Waals surface area contributed by atoms with Crippen LogP contribution in [0.25, 0.3) is 0 Å². The van der Waals surface area contributed by atoms with Gasteiger partial charge in [0.15, 0.2) is 0 Å². The third-order valence-corrected chi connectivity index (χ3v) is 4.68. The zero-order valence-corrected chi connectivity index (χ0v) is 13.4. The zero-order chi connectivity index (χ0) is 13.8. The summed E-state index contributed by atoms with van der Waals surface area (Å²) < 4.78 is 12.3. The van der Waals surface area contributed by atoms with Gasteiger partial charge < -0.3 is 14.8 Å². The van der Waals surface area contributed by atoms with Gasteiger partial charge in [0.2, 0.25) is 0 Å². The lowest BCUT2D eigenvalue weighted by atomic mass is 9.88. The highest BCUT2D eigenvalue weighted by molar-refractivity contribution is 9.10. The Hall–Kier alpha value is -0.580. The molecule has 1 heterocycles. The molecule has 106 valence electrons. The van der Waals surface area contributed by atoms with Crippen molar-refractivity contribution in [2.75, 3.05) is 27.4 Å². The SMILES string of the molecule is CNC(c1cc(Br)c(C)cc1OC)C1CCCOC1. The maximum atomic E-state index is 5.62. The van der Waals surface area contributed by atoms with E-state index >= 15 is 0 Å². The minimum absolute atomic E-state index is 0.271. The lowest BCUT2D eigenvalue weighted by Gasteiger charge is -2.31. The number of hydrogen-bond donors (Lipinski definition) is 1. The molecule has 0 aliphatic carbocycles. The van der Waals surface area contributed by atoms with Crippen molar-refractivity contribution in [3.05, 3.63) is 27.7 Å². The van der Waals surface area contributed by atoms with E-state index < -0.39 is 0 Å². The van der Waals surface area contributed by atoms with Gasteiger partial charge in [0, 0.05) is 28.6 Å². The van der Waals surface area contributed by atoms with Crippen molar-refractivity contribution in [3.63, 3.8) is 0 Å². The van der Waals surface area contributed by atoms with E-state index in [1.807, 2.05) is 7.05 Å². The highest BCUT2D eigenvalue weighted by Crippen LogP contribution is 2.36. The van der Waals surface area contributed by atoms with E-state index in [2.05, 4.69) is 40.3 Å². The fraction of sp³-hybridized carbons (Fsp3) is 0.600. The van der Waals surface area contributed by atoms with Crippen molar-refractivity contribution in [1.29, 1.82) is 0 Å². The average molecular weight is 328 g/mol. The van der Waals surface area contributed by atoms with Gasteiger partial charge in [0.25, 0.3) is 0 Å². The van der Waals surface area contributed by atoms with Crippen molar-refractivity contribution in [2.24, 2.45) is 5.92 Å². The number of hydrogen-bond acceptors (Lipinski definition) is 3. The van der Waals surface area contributed by atoms with Crippen LogP contribution in [0.15, 0.2) is 16.6 Å². The molecule has 1 N–H and O–H groups in total. The maximum Gasteiger partial charge on any atom is 0.123 e. The summed E-state index contributed by atoms with van der Waals surface area (Å²) in [5.74, 6) is 1.45. The van der Waals surface area contributed by atoms with Crippen molar-refractivity contribution < 1.29 is 9.47 Å². The van der Waals surface area contributed by atoms with Crippen molar-refractivity contribution in [2.45, 2.75) is 25.8 Å². The van der Waals surface area contributed by atoms with Crippen LogP contribution in [0.2, 0.25) is 0 Å². The second kappa shape index (κ2) is 6.73. The molecule has 2 rings (SSSR count). The fourth-order valence-corrected chi connectivity index (χ4v) is 3.12. The van der Waals surface area contributed by atoms with E-state index in [0.29, 0.717) is 5.92 Å². The molecule has 2 atom stereocenters. The molecule has 1 aromatic rings. The van der Waals surface area contributed by atoms with Crippen LogP contribution in [0.1, 0.15) is 30.0 Å². The summed E-state index contributed by atoms with van der Waals surface area (Å²) >= 11 is 3.62. The molecule has 1 aliphatic heterocycles. The van der Waals surface area contributed by atoms with Gasteiger partial charge >= 0.3 is 0 Å². The molecule has 1 aliphatic rings. The van der Waals surface area contributed by atoms with E-state index in [1.54, 1.807) is 7.11 Å². The van der Waals surface area contributed by atoms with Crippen molar-refractivity contribution in [1.82, 2.24) is 5.32 Å². The monoisotopic (exact) mass is 327 g/mol. The molecule has 3 nitrogen and oxygen atoms in total. The standard InChI is InChI=1S/C15H22BrNO2/c1-10-7-14(18-3)12(8-13(10)16)15(17-2)11-5-4-6-19-9-11/h7-8,11,15,17H,4-6,9H2,1-3H3. The number of aryl methyl sites for hydroxylation is 1. The van der Waals surface area contributed by atoms with E-state index in [4.69, 9.17) is 9.47 Å². The van der Waals surface area contributed by atoms with Crippen LogP contribution in [0.4, 0.5) is 0 Å². The summed E-state index contributed by atoms with van der Waals surface area (Å²) in [7, 11) is 3.74. The van der Waals surface area contributed by atoms with Gasteiger partial charge in [-0.2, -0.15) is 0 Å². The number of benzene rings is 1. The minimum Gasteiger partial charge on any atom is -0.496 e. The normalized spacial score (nSPS) is 21.2. The van der Waals surface area contributed by atoms with Gasteiger partial charge in [-0.1, -0.05) is 15.9 Å². The number of ether oxygens (including phenoxy) is 2. The van der Waals surface area contributed by atoms with Crippen LogP contribution in [-0.2, 0) is 4.74 Å². The topological polar surface area (TPSA) is 30.5 Å². The highest BCUT2D eigenvalue weighted by Gasteiger charge is 2.27. The number of rotatable bonds is 4. The lowest BCUT2D eigenvalue weighted by molar-refractivity contribution is 0.0398. The molecule has 0 saturated carbocycles. The summed E-state index contributed by atoms with van der Waals surface area (Å²) in [5.41, 5.74) is 2.40. The van der Waals surface area contributed by atoms with Gasteiger partial charge in [0.05, 0.1) is 13.7 Å². The van der Waals surface area contributed by atoms with Crippen molar-refractivity contribution in [3.8, 4) is 5.75 Å². The van der Waals surface area contributed by atoms with Crippen LogP contribution in [0.5, 0.6) is 5.75 Å². The summed E-state index contributed by atoms with van der Waals surface area (Å²) in [4.78, 5) is 0. The first kappa shape index (κ1) is 14.8. The third-order valence-electron chi connectivity index (χ3n) is 3.82. The second-order valence-electron chi connectivity index (χ2n) is 5.09. The predicted molar refractivity (Wildman–Crippen MR) is 80.8 cm³/mol. The Bertz CT molecular complexity index is 430. The molecule has 4 heteroatoms. The first-order chi connectivity index (χ1) is 9.17. The van der Waals surface area contributed by atoms with Crippen LogP contribution in [0, 0.1) is 12.8 Å². The van der Waals surface area contributed by atoms with Crippen LogP contribution < -0.4 is 10.1 Å². The van der Waals surface area contributed by atoms with Gasteiger partial charge in [-0.05, 0) is 44.5 Å². The first-order valence-corrected chi connectivity index (χ1v) is 7.55. The highest BCUT2D eigenvalue weighted by atomic mass is 79.9. The lowest BCUT2D eigenvalue weighted by Crippen LogP contribution is -2.31. The van der Waals surface area contributed by atoms with Crippen LogP contribution >= 0.6 is 15.9 Å². The molecule has 0 aromatic heterocycles. The molecular formula is C15H22BrNO2. The Morgan fingerprint density at radius 3 is 2.84 bits per heavy atom. The Kier molecular flexibility index (Phi) is 5.25. The third kappa shape index (κ3) is 3.30. The Balaban J connectivity index is 2.33. The molecule has 0 bridgehead atoms. The summed E-state index contributed by atoms with van der Waals surface area (Å²) in [5, 5.41) is 3.43. The number of nitrogens with one attached hydrogen (secondary N) is 1. The largest absolute Gasteiger partial charge is 0.496 e. The number of methoxy groups -OCH3 is 1. The van der Waals surface area contributed by atoms with Crippen LogP contribution in [-0.4, -0.2) is 27.4 Å². The zero-order valence-electron chi connectivity index (χ0n) is 11.8. The fourth-order valence-electron chi connectivity index (χ4n) is 2.76. The Labute approximate surface area is 123 Å². The van der Waals surface area contributed by atoms with Gasteiger partial charge in [0.1, 0.15) is 5.75 Å². The maximum absolute atomic E-state index is 5.62. The van der Waals surface area contributed by atoms with E-state index in [1.165, 1.54) is 17.5 Å². The molecule has 1 saturated heterocycles. The van der Waals surface area contributed by atoms with Gasteiger partial charge in [-0.3, -0.25) is 0 Å². The molecule has 1 fully saturated rings. The van der Waals surface area contributed by atoms with E-state index in [-0.39, 0.29) is 6.04 Å². The minimum atomic E-state index is 0.271. The van der Waals surface area contributed by atoms with Gasteiger partial charge in [-0.25, -0.2) is 0 Å². The molecule has 0 amide bonds. The van der Waals surface area contributed by atoms with Crippen molar-refractivity contribution >= 4 is 15.9 Å². The Morgan fingerprint density at radius 2 is 2.26 bits per heavy atom. The average Bonchev–Trinajstić information content (AvgIpc) is 2.44. The second-order valence-corrected chi connectivity index (χ2v) is 5.94. The molecule has 0 spiro atoms. The molecule has 19 heavy (non-hydrogen) atoms. The van der Waals surface area contributed by atoms with E-state index in [0.717, 1.165) is 29.9 Å². The molecule has 2 unspecified atom stereocenters. The molecule has 1 aromatic carbocycles. The molecular weight excluding hydrogens is 306 g/mol. The predicted octanol–water partition coefficient (Wildman–Crippen LogP) is 3.45. The quantitative estimate of drug-likeness (QED) is 0.918. The van der Waals surface area contributed by atoms with Crippen LogP contribution in [0.3, 0.4) is 0 Å². The van der Waals surface area contributed by atoms with Gasteiger partial charge in [-0.15, -0.1) is 0 Å². The summed E-state index contributed by atoms with van der Waals surface area (Å²) in [6.45, 7) is 3.79. The summed E-state index contributed by atoms with van der Waals surface area (Å²) in [6, 6.07) is 4.53. The smallest absolute Gasteiger partial charge is 0.123 e. The van der Waals surface area contributed by atoms with E-state index in [9.17, 15) is 0 Å². The first-order valence-electron chi connectivity index (χ1n) is 6.76. The molecule has 0 radical (unpaired) electrons. The number of halogens is 1. The Morgan fingerprint density at radius 1 is 1.47 bits per heavy atom.